The maximum atomic E-state index is 12.2. The third-order valence-corrected chi connectivity index (χ3v) is 5.55. The Morgan fingerprint density at radius 1 is 1.18 bits per heavy atom. The average molecular weight is 445 g/mol. The van der Waals surface area contributed by atoms with E-state index in [0.717, 1.165) is 12.8 Å². The Morgan fingerprint density at radius 2 is 1.97 bits per heavy atom. The van der Waals surface area contributed by atoms with Crippen LogP contribution in [0, 0.1) is 0 Å². The van der Waals surface area contributed by atoms with E-state index in [0.29, 0.717) is 29.9 Å². The summed E-state index contributed by atoms with van der Waals surface area (Å²) in [6.07, 6.45) is 4.05. The molecule has 8 heteroatoms. The fourth-order valence-electron chi connectivity index (χ4n) is 3.99. The third-order valence-electron chi connectivity index (χ3n) is 5.55. The minimum absolute atomic E-state index is 0.0319. The molecule has 0 radical (unpaired) electrons. The zero-order valence-electron chi connectivity index (χ0n) is 21.8. The number of ether oxygens (including phenoxy) is 1. The van der Waals surface area contributed by atoms with E-state index in [1.165, 1.54) is 12.4 Å². The molecule has 166 valence electrons. The molecule has 0 unspecified atom stereocenters. The lowest BCUT2D eigenvalue weighted by atomic mass is 10.1. The van der Waals surface area contributed by atoms with E-state index in [4.69, 9.17) is 21.1 Å². The molecule has 0 bridgehead atoms. The maximum absolute atomic E-state index is 12.2. The lowest BCUT2D eigenvalue weighted by molar-refractivity contribution is -0.127. The molecule has 1 saturated heterocycles. The summed E-state index contributed by atoms with van der Waals surface area (Å²) in [4.78, 5) is 22.4. The molecule has 3 heterocycles. The van der Waals surface area contributed by atoms with Crippen molar-refractivity contribution >= 4 is 22.8 Å². The molecular weight excluding hydrogens is 416 g/mol. The summed E-state index contributed by atoms with van der Waals surface area (Å²) in [5.74, 6) is 0.120. The summed E-state index contributed by atoms with van der Waals surface area (Å²) >= 11 is 0. The number of likely N-dealkylation sites (tertiary alicyclic amines) is 1. The minimum atomic E-state index is -0.349. The highest BCUT2D eigenvalue weighted by Gasteiger charge is 2.28. The van der Waals surface area contributed by atoms with Crippen LogP contribution in [-0.2, 0) is 4.79 Å². The molecular formula is C25H24N6O2. The van der Waals surface area contributed by atoms with Crippen molar-refractivity contribution in [1.82, 2.24) is 24.6 Å². The summed E-state index contributed by atoms with van der Waals surface area (Å²) in [7, 11) is 0. The number of fused-ring (bicyclic) bond motifs is 1. The maximum Gasteiger partial charge on any atom is 0.246 e. The van der Waals surface area contributed by atoms with E-state index in [9.17, 15) is 4.79 Å². The van der Waals surface area contributed by atoms with Gasteiger partial charge in [0.15, 0.2) is 5.65 Å². The molecule has 8 nitrogen and oxygen atoms in total. The van der Waals surface area contributed by atoms with Crippen LogP contribution in [0.5, 0.6) is 11.5 Å². The molecule has 0 aliphatic carbocycles. The van der Waals surface area contributed by atoms with Gasteiger partial charge in [-0.05, 0) is 55.2 Å². The van der Waals surface area contributed by atoms with Crippen molar-refractivity contribution in [3.8, 4) is 22.8 Å². The number of hydrogen-bond acceptors (Lipinski definition) is 6. The highest BCUT2D eigenvalue weighted by Crippen LogP contribution is 2.34. The van der Waals surface area contributed by atoms with E-state index >= 15 is 0 Å². The molecule has 2 N–H and O–H groups in total. The third kappa shape index (κ3) is 4.03. The summed E-state index contributed by atoms with van der Waals surface area (Å²) in [5, 5.41) is 5.03. The molecule has 1 aliphatic heterocycles. The number of rotatable bonds is 5. The van der Waals surface area contributed by atoms with Crippen LogP contribution in [0.3, 0.4) is 0 Å². The van der Waals surface area contributed by atoms with Gasteiger partial charge >= 0.3 is 0 Å². The van der Waals surface area contributed by atoms with E-state index in [-0.39, 0.29) is 58.9 Å². The van der Waals surface area contributed by atoms with Crippen molar-refractivity contribution in [2.75, 3.05) is 18.8 Å². The smallest absolute Gasteiger partial charge is 0.246 e. The molecule has 1 fully saturated rings. The monoisotopic (exact) mass is 444 g/mol. The van der Waals surface area contributed by atoms with Crippen molar-refractivity contribution in [3.63, 3.8) is 0 Å². The minimum Gasteiger partial charge on any atom is -0.457 e. The first-order valence-corrected chi connectivity index (χ1v) is 10.6. The van der Waals surface area contributed by atoms with Gasteiger partial charge in [0, 0.05) is 18.7 Å². The lowest BCUT2D eigenvalue weighted by Crippen LogP contribution is -2.40. The number of carbonyl (C=O) groups excluding carboxylic acids is 1. The topological polar surface area (TPSA) is 99.2 Å². The van der Waals surface area contributed by atoms with Gasteiger partial charge in [-0.3, -0.25) is 4.79 Å². The van der Waals surface area contributed by atoms with Crippen LogP contribution in [0.1, 0.15) is 24.4 Å². The second-order valence-corrected chi connectivity index (χ2v) is 7.65. The number of nitrogens with two attached hydrogens (primary N) is 1. The Balaban J connectivity index is 1.66. The highest BCUT2D eigenvalue weighted by atomic mass is 16.5. The zero-order chi connectivity index (χ0) is 26.3. The van der Waals surface area contributed by atoms with E-state index in [1.807, 2.05) is 0 Å². The van der Waals surface area contributed by atoms with Gasteiger partial charge in [0.25, 0.3) is 0 Å². The van der Waals surface area contributed by atoms with Crippen molar-refractivity contribution in [2.45, 2.75) is 18.9 Å². The van der Waals surface area contributed by atoms with Crippen LogP contribution in [0.15, 0.2) is 73.5 Å². The Hall–Kier alpha value is -4.20. The van der Waals surface area contributed by atoms with Gasteiger partial charge < -0.3 is 15.4 Å². The Labute approximate surface area is 196 Å². The molecule has 33 heavy (non-hydrogen) atoms. The van der Waals surface area contributed by atoms with Crippen LogP contribution < -0.4 is 10.5 Å². The number of piperidine rings is 1. The van der Waals surface area contributed by atoms with E-state index < -0.39 is 0 Å². The number of aromatic nitrogens is 4. The Morgan fingerprint density at radius 3 is 2.73 bits per heavy atom. The number of para-hydroxylation sites is 1. The van der Waals surface area contributed by atoms with Crippen LogP contribution >= 0.6 is 0 Å². The van der Waals surface area contributed by atoms with Gasteiger partial charge in [0.1, 0.15) is 29.3 Å². The number of amides is 1. The largest absolute Gasteiger partial charge is 0.457 e. The number of anilines is 1. The summed E-state index contributed by atoms with van der Waals surface area (Å²) in [6.45, 7) is 4.55. The number of nitrogen functional groups attached to an aromatic ring is 1. The van der Waals surface area contributed by atoms with Gasteiger partial charge in [-0.15, -0.1) is 0 Å². The van der Waals surface area contributed by atoms with Crippen LogP contribution in [0.4, 0.5) is 5.82 Å². The fraction of sp³-hybridized carbons (Fsp3) is 0.200. The van der Waals surface area contributed by atoms with Gasteiger partial charge in [-0.25, -0.2) is 14.6 Å². The number of hydrogen-bond donors (Lipinski definition) is 1. The first-order valence-electron chi connectivity index (χ1n) is 12.6. The Bertz CT molecular complexity index is 1500. The predicted molar refractivity (Wildman–Crippen MR) is 127 cm³/mol. The molecule has 4 aromatic rings. The quantitative estimate of drug-likeness (QED) is 0.463. The molecule has 2 aromatic heterocycles. The van der Waals surface area contributed by atoms with E-state index in [1.54, 1.807) is 39.9 Å². The molecule has 5 rings (SSSR count). The lowest BCUT2D eigenvalue weighted by Gasteiger charge is -2.32. The predicted octanol–water partition coefficient (Wildman–Crippen LogP) is 4.22. The molecule has 2 aromatic carbocycles. The number of benzene rings is 2. The zero-order valence-corrected chi connectivity index (χ0v) is 17.8. The first-order chi connectivity index (χ1) is 17.8. The first kappa shape index (κ1) is 16.4. The normalized spacial score (nSPS) is 17.7. The van der Waals surface area contributed by atoms with Crippen LogP contribution in [-0.4, -0.2) is 43.6 Å². The van der Waals surface area contributed by atoms with Gasteiger partial charge in [-0.2, -0.15) is 5.10 Å². The summed E-state index contributed by atoms with van der Waals surface area (Å²) < 4.78 is 41.9. The molecule has 1 atom stereocenters. The second-order valence-electron chi connectivity index (χ2n) is 7.65. The summed E-state index contributed by atoms with van der Waals surface area (Å²) in [6, 6.07) is 7.04. The van der Waals surface area contributed by atoms with Crippen molar-refractivity contribution < 1.29 is 15.0 Å². The van der Waals surface area contributed by atoms with Gasteiger partial charge in [0.05, 0.1) is 16.9 Å². The second kappa shape index (κ2) is 8.74. The van der Waals surface area contributed by atoms with Crippen LogP contribution in [0.2, 0.25) is 0 Å². The summed E-state index contributed by atoms with van der Waals surface area (Å²) in [5.41, 5.74) is 6.72. The van der Waals surface area contributed by atoms with E-state index in [2.05, 4.69) is 16.5 Å². The highest BCUT2D eigenvalue weighted by molar-refractivity contribution is 5.98. The Kier molecular flexibility index (Phi) is 4.35. The fourth-order valence-corrected chi connectivity index (χ4v) is 3.99. The van der Waals surface area contributed by atoms with Gasteiger partial charge in [-0.1, -0.05) is 24.8 Å². The van der Waals surface area contributed by atoms with Crippen molar-refractivity contribution in [1.29, 1.82) is 0 Å². The van der Waals surface area contributed by atoms with Crippen molar-refractivity contribution in [3.05, 3.63) is 73.5 Å². The molecule has 1 amide bonds. The van der Waals surface area contributed by atoms with Crippen LogP contribution in [0.25, 0.3) is 22.3 Å². The van der Waals surface area contributed by atoms with Crippen molar-refractivity contribution in [2.24, 2.45) is 0 Å². The molecule has 0 saturated carbocycles. The van der Waals surface area contributed by atoms with Gasteiger partial charge in [0.2, 0.25) is 5.91 Å². The average Bonchev–Trinajstić information content (AvgIpc) is 3.31. The molecule has 0 spiro atoms. The molecule has 1 aliphatic rings. The SMILES string of the molecule is [2H]c1c([2H])c(-c2nn([C@@H]3CCCN(C(=O)C=C)C3)c3ncnc(N)c23)c([2H])c([2H])c1Oc1ccccc1. The standard InChI is InChI=1S/C25H24N6O2/c1-2-21(32)30-14-6-7-18(15-30)31-25-22(24(26)27-16-28-25)23(29-31)17-10-12-20(13-11-17)33-19-8-4-3-5-9-19/h2-5,8-13,16,18H,1,6-7,14-15H2,(H2,26,27,28)/t18-/m1/s1/i10D,11D,12D,13D. The number of nitrogens with zero attached hydrogens (tertiary/aromatic N) is 5. The number of carbonyl (C=O) groups is 1.